The second-order valence-electron chi connectivity index (χ2n) is 4.10. The summed E-state index contributed by atoms with van der Waals surface area (Å²) in [6.45, 7) is 8.61. The van der Waals surface area contributed by atoms with E-state index < -0.39 is 0 Å². The van der Waals surface area contributed by atoms with Crippen LogP contribution in [0.1, 0.15) is 58.8 Å². The number of hydrogen-bond donors (Lipinski definition) is 0. The van der Waals surface area contributed by atoms with Crippen molar-refractivity contribution in [3.05, 3.63) is 11.5 Å². The maximum atomic E-state index is 4.12. The zero-order valence-corrected chi connectivity index (χ0v) is 12.7. The molecule has 16 heavy (non-hydrogen) atoms. The molecule has 0 nitrogen and oxygen atoms in total. The Kier molecular flexibility index (Phi) is 13.9. The molecule has 96 valence electrons. The van der Waals surface area contributed by atoms with E-state index in [1.165, 1.54) is 67.1 Å². The Morgan fingerprint density at radius 1 is 0.938 bits per heavy atom. The molecule has 0 aromatic rings. The molecule has 0 N–H and O–H groups in total. The molecule has 0 amide bonds. The van der Waals surface area contributed by atoms with Crippen LogP contribution in [-0.4, -0.2) is 17.3 Å². The third-order valence-electron chi connectivity index (χ3n) is 2.53. The van der Waals surface area contributed by atoms with Gasteiger partial charge in [-0.25, -0.2) is 0 Å². The van der Waals surface area contributed by atoms with Crippen molar-refractivity contribution in [2.24, 2.45) is 0 Å². The third kappa shape index (κ3) is 12.5. The number of allylic oxidation sites excluding steroid dienone is 1. The predicted molar refractivity (Wildman–Crippen MR) is 82.6 cm³/mol. The number of hydrogen-bond acceptors (Lipinski definition) is 2. The first kappa shape index (κ1) is 16.4. The Bertz CT molecular complexity index is 155. The van der Waals surface area contributed by atoms with Gasteiger partial charge >= 0.3 is 0 Å². The number of thioether (sulfide) groups is 2. The van der Waals surface area contributed by atoms with Crippen LogP contribution in [0.2, 0.25) is 0 Å². The zero-order valence-electron chi connectivity index (χ0n) is 11.1. The summed E-state index contributed by atoms with van der Waals surface area (Å²) in [6, 6.07) is 0. The van der Waals surface area contributed by atoms with Gasteiger partial charge in [0.05, 0.1) is 0 Å². The predicted octanol–water partition coefficient (Wildman–Crippen LogP) is 5.74. The Balaban J connectivity index is 3.09. The Labute approximate surface area is 111 Å². The van der Waals surface area contributed by atoms with Crippen LogP contribution in [0.15, 0.2) is 11.5 Å². The van der Waals surface area contributed by atoms with E-state index in [-0.39, 0.29) is 0 Å². The molecule has 0 aliphatic rings. The van der Waals surface area contributed by atoms with Crippen molar-refractivity contribution >= 4 is 23.5 Å². The molecule has 0 aliphatic heterocycles. The molecular formula is C14H28S2. The fourth-order valence-electron chi connectivity index (χ4n) is 1.50. The first-order valence-corrected chi connectivity index (χ1v) is 8.83. The average molecular weight is 261 g/mol. The van der Waals surface area contributed by atoms with Crippen molar-refractivity contribution in [1.82, 2.24) is 0 Å². The summed E-state index contributed by atoms with van der Waals surface area (Å²) in [6.07, 6.45) is 9.58. The molecule has 0 unspecified atom stereocenters. The highest BCUT2D eigenvalue weighted by molar-refractivity contribution is 8.03. The van der Waals surface area contributed by atoms with Crippen LogP contribution in [0.3, 0.4) is 0 Å². The molecule has 0 rings (SSSR count). The van der Waals surface area contributed by atoms with Crippen molar-refractivity contribution in [3.63, 3.8) is 0 Å². The van der Waals surface area contributed by atoms with Gasteiger partial charge in [-0.05, 0) is 35.0 Å². The number of rotatable bonds is 12. The Hall–Kier alpha value is 0.440. The van der Waals surface area contributed by atoms with Crippen LogP contribution in [0.5, 0.6) is 0 Å². The average Bonchev–Trinajstić information content (AvgIpc) is 2.28. The van der Waals surface area contributed by atoms with Crippen molar-refractivity contribution < 1.29 is 0 Å². The van der Waals surface area contributed by atoms with E-state index in [1.54, 1.807) is 0 Å². The van der Waals surface area contributed by atoms with E-state index in [1.807, 2.05) is 23.5 Å². The van der Waals surface area contributed by atoms with Gasteiger partial charge in [0.1, 0.15) is 0 Å². The van der Waals surface area contributed by atoms with Gasteiger partial charge in [0.25, 0.3) is 0 Å². The van der Waals surface area contributed by atoms with Crippen molar-refractivity contribution in [3.8, 4) is 0 Å². The molecule has 0 aromatic carbocycles. The van der Waals surface area contributed by atoms with E-state index in [0.29, 0.717) is 0 Å². The summed E-state index contributed by atoms with van der Waals surface area (Å²) in [7, 11) is 0. The van der Waals surface area contributed by atoms with Crippen LogP contribution < -0.4 is 0 Å². The molecule has 0 saturated carbocycles. The lowest BCUT2D eigenvalue weighted by atomic mass is 10.1. The highest BCUT2D eigenvalue weighted by Gasteiger charge is 1.96. The lowest BCUT2D eigenvalue weighted by molar-refractivity contribution is 0.627. The summed E-state index contributed by atoms with van der Waals surface area (Å²) in [5.41, 5.74) is 0. The highest BCUT2D eigenvalue weighted by atomic mass is 32.2. The molecular weight excluding hydrogens is 232 g/mol. The van der Waals surface area contributed by atoms with Gasteiger partial charge in [-0.2, -0.15) is 11.8 Å². The molecule has 0 radical (unpaired) electrons. The van der Waals surface area contributed by atoms with Gasteiger partial charge in [-0.1, -0.05) is 52.5 Å². The first-order valence-electron chi connectivity index (χ1n) is 6.69. The molecule has 0 aliphatic carbocycles. The van der Waals surface area contributed by atoms with Crippen LogP contribution in [0.25, 0.3) is 0 Å². The maximum absolute atomic E-state index is 4.12. The fraction of sp³-hybridized carbons (Fsp3) is 0.857. The van der Waals surface area contributed by atoms with Crippen LogP contribution in [0.4, 0.5) is 0 Å². The molecule has 0 heterocycles. The van der Waals surface area contributed by atoms with Gasteiger partial charge in [-0.15, -0.1) is 11.8 Å². The van der Waals surface area contributed by atoms with Gasteiger partial charge < -0.3 is 0 Å². The summed E-state index contributed by atoms with van der Waals surface area (Å²) < 4.78 is 0. The van der Waals surface area contributed by atoms with Crippen molar-refractivity contribution in [2.45, 2.75) is 58.8 Å². The molecule has 0 spiro atoms. The largest absolute Gasteiger partial charge is 0.162 e. The van der Waals surface area contributed by atoms with E-state index in [9.17, 15) is 0 Å². The number of unbranched alkanes of at least 4 members (excludes halogenated alkanes) is 5. The zero-order chi connectivity index (χ0) is 12.1. The molecule has 0 aromatic heterocycles. The Morgan fingerprint density at radius 2 is 1.62 bits per heavy atom. The quantitative estimate of drug-likeness (QED) is 0.411. The standard InChI is InChI=1S/C14H28S2/c1-4-6-7-8-9-10-12-16-14(3)11-13-15-5-2/h3-13H2,1-2H3. The van der Waals surface area contributed by atoms with Gasteiger partial charge in [0.2, 0.25) is 0 Å². The fourth-order valence-corrected chi connectivity index (χ4v) is 3.19. The third-order valence-corrected chi connectivity index (χ3v) is 4.54. The van der Waals surface area contributed by atoms with Gasteiger partial charge in [0, 0.05) is 0 Å². The minimum absolute atomic E-state index is 1.19. The summed E-state index contributed by atoms with van der Waals surface area (Å²) in [4.78, 5) is 1.38. The summed E-state index contributed by atoms with van der Waals surface area (Å²) in [5, 5.41) is 0. The smallest absolute Gasteiger partial charge is 0.00223 e. The summed E-state index contributed by atoms with van der Waals surface area (Å²) >= 11 is 4.00. The monoisotopic (exact) mass is 260 g/mol. The molecule has 0 fully saturated rings. The maximum Gasteiger partial charge on any atom is -0.00223 e. The minimum atomic E-state index is 1.19. The first-order chi connectivity index (χ1) is 7.81. The lowest BCUT2D eigenvalue weighted by Gasteiger charge is -2.04. The SMILES string of the molecule is C=C(CCSCC)SCCCCCCCC. The van der Waals surface area contributed by atoms with Crippen molar-refractivity contribution in [1.29, 1.82) is 0 Å². The second kappa shape index (κ2) is 13.5. The highest BCUT2D eigenvalue weighted by Crippen LogP contribution is 2.21. The van der Waals surface area contributed by atoms with Gasteiger partial charge in [-0.3, -0.25) is 0 Å². The molecule has 0 bridgehead atoms. The minimum Gasteiger partial charge on any atom is -0.162 e. The van der Waals surface area contributed by atoms with Crippen LogP contribution in [0, 0.1) is 0 Å². The molecule has 2 heteroatoms. The van der Waals surface area contributed by atoms with Crippen molar-refractivity contribution in [2.75, 3.05) is 17.3 Å². The topological polar surface area (TPSA) is 0 Å². The van der Waals surface area contributed by atoms with Gasteiger partial charge in [0.15, 0.2) is 0 Å². The van der Waals surface area contributed by atoms with Crippen LogP contribution >= 0.6 is 23.5 Å². The van der Waals surface area contributed by atoms with E-state index in [0.717, 1.165) is 0 Å². The molecule has 0 saturated heterocycles. The second-order valence-corrected chi connectivity index (χ2v) is 6.77. The Morgan fingerprint density at radius 3 is 2.31 bits per heavy atom. The normalized spacial score (nSPS) is 10.6. The van der Waals surface area contributed by atoms with E-state index in [4.69, 9.17) is 0 Å². The molecule has 0 atom stereocenters. The van der Waals surface area contributed by atoms with E-state index in [2.05, 4.69) is 20.4 Å². The van der Waals surface area contributed by atoms with Crippen LogP contribution in [-0.2, 0) is 0 Å². The lowest BCUT2D eigenvalue weighted by Crippen LogP contribution is -1.86. The van der Waals surface area contributed by atoms with E-state index >= 15 is 0 Å². The summed E-state index contributed by atoms with van der Waals surface area (Å²) in [5.74, 6) is 3.76.